The lowest BCUT2D eigenvalue weighted by molar-refractivity contribution is 0.292. The molecular formula is C18H16N6O. The number of rotatable bonds is 5. The molecule has 1 aromatic carbocycles. The van der Waals surface area contributed by atoms with Gasteiger partial charge in [-0.15, -0.1) is 5.10 Å². The van der Waals surface area contributed by atoms with Gasteiger partial charge in [0.2, 0.25) is 0 Å². The predicted molar refractivity (Wildman–Crippen MR) is 93.0 cm³/mol. The van der Waals surface area contributed by atoms with Crippen LogP contribution in [0.5, 0.6) is 5.75 Å². The number of nitrogens with zero attached hydrogens (tertiary/aromatic N) is 6. The van der Waals surface area contributed by atoms with Crippen LogP contribution in [0.15, 0.2) is 55.2 Å². The maximum Gasteiger partial charge on any atom is 0.145 e. The first kappa shape index (κ1) is 15.2. The molecule has 25 heavy (non-hydrogen) atoms. The molecule has 0 saturated carbocycles. The van der Waals surface area contributed by atoms with Crippen LogP contribution < -0.4 is 4.74 Å². The van der Waals surface area contributed by atoms with E-state index in [0.717, 1.165) is 33.6 Å². The van der Waals surface area contributed by atoms with Crippen LogP contribution in [0.4, 0.5) is 0 Å². The van der Waals surface area contributed by atoms with Gasteiger partial charge in [-0.25, -0.2) is 19.6 Å². The van der Waals surface area contributed by atoms with E-state index in [4.69, 9.17) is 4.74 Å². The zero-order chi connectivity index (χ0) is 17.1. The average molecular weight is 332 g/mol. The molecule has 0 radical (unpaired) electrons. The minimum absolute atomic E-state index is 0.475. The highest BCUT2D eigenvalue weighted by Gasteiger charge is 2.06. The average Bonchev–Trinajstić information content (AvgIpc) is 3.12. The summed E-state index contributed by atoms with van der Waals surface area (Å²) in [6.45, 7) is 3.03. The molecule has 0 saturated heterocycles. The molecule has 0 atom stereocenters. The van der Waals surface area contributed by atoms with Crippen LogP contribution in [0, 0.1) is 6.92 Å². The monoisotopic (exact) mass is 332 g/mol. The largest absolute Gasteiger partial charge is 0.489 e. The van der Waals surface area contributed by atoms with Gasteiger partial charge in [-0.2, -0.15) is 0 Å². The van der Waals surface area contributed by atoms with Gasteiger partial charge in [0.25, 0.3) is 0 Å². The van der Waals surface area contributed by atoms with E-state index in [-0.39, 0.29) is 0 Å². The van der Waals surface area contributed by atoms with Crippen molar-refractivity contribution in [3.05, 3.63) is 60.9 Å². The fourth-order valence-corrected chi connectivity index (χ4v) is 2.55. The third kappa shape index (κ3) is 3.30. The van der Waals surface area contributed by atoms with Crippen molar-refractivity contribution in [2.24, 2.45) is 0 Å². The van der Waals surface area contributed by atoms with Crippen molar-refractivity contribution in [1.82, 2.24) is 29.9 Å². The molecule has 0 N–H and O–H groups in total. The lowest BCUT2D eigenvalue weighted by Crippen LogP contribution is -2.09. The van der Waals surface area contributed by atoms with Crippen molar-refractivity contribution >= 4 is 10.9 Å². The van der Waals surface area contributed by atoms with Crippen molar-refractivity contribution in [1.29, 1.82) is 0 Å². The van der Waals surface area contributed by atoms with Gasteiger partial charge < -0.3 is 4.74 Å². The molecule has 3 aromatic heterocycles. The fraction of sp³-hybridized carbons (Fsp3) is 0.167. The number of ether oxygens (including phenoxy) is 1. The van der Waals surface area contributed by atoms with Gasteiger partial charge >= 0.3 is 0 Å². The SMILES string of the molecule is Cc1ccc2cccc(OCCn3cc(-c4cncnc4)nn3)c2n1. The molecule has 4 aromatic rings. The zero-order valence-electron chi connectivity index (χ0n) is 13.7. The standard InChI is InChI=1S/C18H16N6O/c1-13-5-6-14-3-2-4-17(18(14)21-13)25-8-7-24-11-16(22-23-24)15-9-19-12-20-10-15/h2-6,9-12H,7-8H2,1H3. The summed E-state index contributed by atoms with van der Waals surface area (Å²) in [6.07, 6.45) is 6.76. The van der Waals surface area contributed by atoms with E-state index in [1.165, 1.54) is 6.33 Å². The van der Waals surface area contributed by atoms with Gasteiger partial charge in [0.1, 0.15) is 29.9 Å². The van der Waals surface area contributed by atoms with Crippen LogP contribution >= 0.6 is 0 Å². The third-order valence-electron chi connectivity index (χ3n) is 3.80. The Hall–Kier alpha value is -3.35. The molecule has 0 aliphatic rings. The summed E-state index contributed by atoms with van der Waals surface area (Å²) in [6, 6.07) is 9.98. The zero-order valence-corrected chi connectivity index (χ0v) is 13.7. The van der Waals surface area contributed by atoms with Crippen molar-refractivity contribution in [2.45, 2.75) is 13.5 Å². The van der Waals surface area contributed by atoms with E-state index in [9.17, 15) is 0 Å². The van der Waals surface area contributed by atoms with Gasteiger partial charge in [-0.1, -0.05) is 23.4 Å². The lowest BCUT2D eigenvalue weighted by atomic mass is 10.2. The highest BCUT2D eigenvalue weighted by atomic mass is 16.5. The lowest BCUT2D eigenvalue weighted by Gasteiger charge is -2.09. The van der Waals surface area contributed by atoms with E-state index >= 15 is 0 Å². The van der Waals surface area contributed by atoms with Gasteiger partial charge in [-0.05, 0) is 19.1 Å². The molecule has 3 heterocycles. The second-order valence-electron chi connectivity index (χ2n) is 5.62. The molecule has 0 spiro atoms. The molecule has 7 nitrogen and oxygen atoms in total. The summed E-state index contributed by atoms with van der Waals surface area (Å²) >= 11 is 0. The summed E-state index contributed by atoms with van der Waals surface area (Å²) in [5, 5.41) is 9.32. The maximum atomic E-state index is 5.92. The Morgan fingerprint density at radius 2 is 1.96 bits per heavy atom. The van der Waals surface area contributed by atoms with E-state index in [0.29, 0.717) is 13.2 Å². The van der Waals surface area contributed by atoms with Crippen molar-refractivity contribution in [2.75, 3.05) is 6.61 Å². The fourth-order valence-electron chi connectivity index (χ4n) is 2.55. The molecule has 0 amide bonds. The van der Waals surface area contributed by atoms with Crippen LogP contribution in [-0.2, 0) is 6.54 Å². The Balaban J connectivity index is 1.45. The first-order valence-corrected chi connectivity index (χ1v) is 7.94. The number of hydrogen-bond donors (Lipinski definition) is 0. The van der Waals surface area contributed by atoms with E-state index < -0.39 is 0 Å². The molecule has 0 aliphatic carbocycles. The molecule has 7 heteroatoms. The normalized spacial score (nSPS) is 10.9. The summed E-state index contributed by atoms with van der Waals surface area (Å²) in [5.74, 6) is 0.776. The summed E-state index contributed by atoms with van der Waals surface area (Å²) in [5.41, 5.74) is 3.42. The summed E-state index contributed by atoms with van der Waals surface area (Å²) in [7, 11) is 0. The van der Waals surface area contributed by atoms with Crippen molar-refractivity contribution in [3.63, 3.8) is 0 Å². The number of benzene rings is 1. The highest BCUT2D eigenvalue weighted by Crippen LogP contribution is 2.24. The van der Waals surface area contributed by atoms with Crippen LogP contribution in [0.1, 0.15) is 5.69 Å². The minimum atomic E-state index is 0.475. The topological polar surface area (TPSA) is 78.6 Å². The number of pyridine rings is 1. The van der Waals surface area contributed by atoms with Gasteiger partial charge in [0, 0.05) is 29.0 Å². The molecule has 0 fully saturated rings. The maximum absolute atomic E-state index is 5.92. The van der Waals surface area contributed by atoms with Crippen molar-refractivity contribution in [3.8, 4) is 17.0 Å². The Morgan fingerprint density at radius 1 is 1.08 bits per heavy atom. The van der Waals surface area contributed by atoms with Gasteiger partial charge in [-0.3, -0.25) is 0 Å². The Kier molecular flexibility index (Phi) is 4.04. The van der Waals surface area contributed by atoms with Crippen LogP contribution in [-0.4, -0.2) is 36.6 Å². The van der Waals surface area contributed by atoms with Gasteiger partial charge in [0.05, 0.1) is 12.7 Å². The minimum Gasteiger partial charge on any atom is -0.489 e. The quantitative estimate of drug-likeness (QED) is 0.559. The number of para-hydroxylation sites is 1. The summed E-state index contributed by atoms with van der Waals surface area (Å²) in [4.78, 5) is 12.5. The van der Waals surface area contributed by atoms with E-state index in [1.54, 1.807) is 17.1 Å². The second-order valence-corrected chi connectivity index (χ2v) is 5.62. The molecule has 4 rings (SSSR count). The number of hydrogen-bond acceptors (Lipinski definition) is 6. The number of aromatic nitrogens is 6. The van der Waals surface area contributed by atoms with Crippen LogP contribution in [0.3, 0.4) is 0 Å². The number of fused-ring (bicyclic) bond motifs is 1. The molecule has 124 valence electrons. The Bertz CT molecular complexity index is 999. The smallest absolute Gasteiger partial charge is 0.145 e. The number of aryl methyl sites for hydroxylation is 1. The van der Waals surface area contributed by atoms with Crippen LogP contribution in [0.2, 0.25) is 0 Å². The molecule has 0 unspecified atom stereocenters. The molecule has 0 bridgehead atoms. The summed E-state index contributed by atoms with van der Waals surface area (Å²) < 4.78 is 7.66. The predicted octanol–water partition coefficient (Wildman–Crippen LogP) is 2.67. The van der Waals surface area contributed by atoms with E-state index in [1.807, 2.05) is 37.4 Å². The van der Waals surface area contributed by atoms with Gasteiger partial charge in [0.15, 0.2) is 0 Å². The third-order valence-corrected chi connectivity index (χ3v) is 3.80. The van der Waals surface area contributed by atoms with Crippen molar-refractivity contribution < 1.29 is 4.74 Å². The molecular weight excluding hydrogens is 316 g/mol. The first-order chi connectivity index (χ1) is 12.3. The van der Waals surface area contributed by atoms with E-state index in [2.05, 4.69) is 31.3 Å². The Morgan fingerprint density at radius 3 is 2.84 bits per heavy atom. The highest BCUT2D eigenvalue weighted by molar-refractivity contribution is 5.84. The second kappa shape index (κ2) is 6.64. The molecule has 0 aliphatic heterocycles. The first-order valence-electron chi connectivity index (χ1n) is 7.94. The Labute approximate surface area is 144 Å². The van der Waals surface area contributed by atoms with Crippen LogP contribution in [0.25, 0.3) is 22.2 Å².